The summed E-state index contributed by atoms with van der Waals surface area (Å²) in [6.45, 7) is 9.76. The maximum absolute atomic E-state index is 12.7. The van der Waals surface area contributed by atoms with Crippen LogP contribution in [-0.2, 0) is 14.3 Å². The standard InChI is InChI=1S/C17H30N4O3/c1-17(12-18)2-3-21(13-17)16(23)14-10-15(22)20(11-14)5-4-19-6-8-24-9-7-19/h14H,2-13,18H2,1H3. The summed E-state index contributed by atoms with van der Waals surface area (Å²) < 4.78 is 5.34. The van der Waals surface area contributed by atoms with Crippen LogP contribution >= 0.6 is 0 Å². The summed E-state index contributed by atoms with van der Waals surface area (Å²) in [7, 11) is 0. The Hall–Kier alpha value is -1.18. The molecule has 3 aliphatic heterocycles. The molecule has 0 aromatic rings. The van der Waals surface area contributed by atoms with Gasteiger partial charge in [0, 0.05) is 52.2 Å². The van der Waals surface area contributed by atoms with E-state index in [2.05, 4.69) is 11.8 Å². The number of nitrogens with two attached hydrogens (primary N) is 1. The number of likely N-dealkylation sites (tertiary alicyclic amines) is 2. The summed E-state index contributed by atoms with van der Waals surface area (Å²) in [5.74, 6) is 0.0686. The van der Waals surface area contributed by atoms with E-state index in [-0.39, 0.29) is 23.1 Å². The predicted octanol–water partition coefficient (Wildman–Crippen LogP) is -0.636. The third-order valence-corrected chi connectivity index (χ3v) is 5.72. The fraction of sp³-hybridized carbons (Fsp3) is 0.882. The number of hydrogen-bond acceptors (Lipinski definition) is 5. The molecule has 0 aromatic carbocycles. The average Bonchev–Trinajstić information content (AvgIpc) is 3.17. The van der Waals surface area contributed by atoms with Gasteiger partial charge in [-0.15, -0.1) is 0 Å². The van der Waals surface area contributed by atoms with Crippen molar-refractivity contribution in [2.75, 3.05) is 65.6 Å². The van der Waals surface area contributed by atoms with Gasteiger partial charge in [0.1, 0.15) is 0 Å². The molecule has 0 bridgehead atoms. The number of carbonyl (C=O) groups is 2. The summed E-state index contributed by atoms with van der Waals surface area (Å²) >= 11 is 0. The van der Waals surface area contributed by atoms with Crippen molar-refractivity contribution in [1.29, 1.82) is 0 Å². The monoisotopic (exact) mass is 338 g/mol. The third kappa shape index (κ3) is 3.90. The quantitative estimate of drug-likeness (QED) is 0.722. The van der Waals surface area contributed by atoms with Crippen LogP contribution in [0, 0.1) is 11.3 Å². The highest BCUT2D eigenvalue weighted by atomic mass is 16.5. The van der Waals surface area contributed by atoms with E-state index < -0.39 is 0 Å². The highest BCUT2D eigenvalue weighted by Crippen LogP contribution is 2.31. The van der Waals surface area contributed by atoms with Crippen molar-refractivity contribution in [3.05, 3.63) is 0 Å². The molecule has 7 nitrogen and oxygen atoms in total. The van der Waals surface area contributed by atoms with E-state index in [0.717, 1.165) is 52.4 Å². The van der Waals surface area contributed by atoms with Gasteiger partial charge in [0.2, 0.25) is 11.8 Å². The van der Waals surface area contributed by atoms with Crippen LogP contribution in [0.4, 0.5) is 0 Å². The second-order valence-electron chi connectivity index (χ2n) is 7.72. The molecule has 2 N–H and O–H groups in total. The Kier molecular flexibility index (Phi) is 5.42. The maximum atomic E-state index is 12.7. The zero-order valence-corrected chi connectivity index (χ0v) is 14.7. The number of nitrogens with zero attached hydrogens (tertiary/aromatic N) is 3. The Labute approximate surface area is 144 Å². The van der Waals surface area contributed by atoms with Gasteiger partial charge in [-0.3, -0.25) is 14.5 Å². The van der Waals surface area contributed by atoms with Crippen LogP contribution in [0.15, 0.2) is 0 Å². The number of ether oxygens (including phenoxy) is 1. The van der Waals surface area contributed by atoms with Gasteiger partial charge >= 0.3 is 0 Å². The van der Waals surface area contributed by atoms with Crippen LogP contribution in [0.1, 0.15) is 19.8 Å². The van der Waals surface area contributed by atoms with Gasteiger partial charge < -0.3 is 20.3 Å². The summed E-state index contributed by atoms with van der Waals surface area (Å²) in [6.07, 6.45) is 1.31. The molecule has 3 rings (SSSR count). The topological polar surface area (TPSA) is 79.1 Å². The molecule has 0 saturated carbocycles. The minimum atomic E-state index is -0.178. The predicted molar refractivity (Wildman–Crippen MR) is 90.3 cm³/mol. The van der Waals surface area contributed by atoms with Crippen LogP contribution < -0.4 is 5.73 Å². The molecule has 0 aromatic heterocycles. The van der Waals surface area contributed by atoms with Gasteiger partial charge in [0.25, 0.3) is 0 Å². The van der Waals surface area contributed by atoms with E-state index in [1.807, 2.05) is 9.80 Å². The van der Waals surface area contributed by atoms with Gasteiger partial charge in [-0.1, -0.05) is 6.92 Å². The molecule has 3 saturated heterocycles. The molecule has 0 aliphatic carbocycles. The molecular weight excluding hydrogens is 308 g/mol. The minimum Gasteiger partial charge on any atom is -0.379 e. The Morgan fingerprint density at radius 1 is 1.29 bits per heavy atom. The number of morpholine rings is 1. The Balaban J connectivity index is 1.48. The third-order valence-electron chi connectivity index (χ3n) is 5.72. The van der Waals surface area contributed by atoms with Crippen LogP contribution in [-0.4, -0.2) is 92.1 Å². The van der Waals surface area contributed by atoms with Crippen LogP contribution in [0.5, 0.6) is 0 Å². The lowest BCUT2D eigenvalue weighted by Gasteiger charge is -2.28. The first kappa shape index (κ1) is 17.6. The number of hydrogen-bond donors (Lipinski definition) is 1. The van der Waals surface area contributed by atoms with E-state index in [9.17, 15) is 9.59 Å². The molecule has 3 aliphatic rings. The molecule has 2 unspecified atom stereocenters. The second-order valence-corrected chi connectivity index (χ2v) is 7.72. The van der Waals surface area contributed by atoms with Gasteiger partial charge in [0.15, 0.2) is 0 Å². The van der Waals surface area contributed by atoms with E-state index in [1.165, 1.54) is 0 Å². The number of carbonyl (C=O) groups excluding carboxylic acids is 2. The van der Waals surface area contributed by atoms with Gasteiger partial charge in [-0.05, 0) is 18.4 Å². The van der Waals surface area contributed by atoms with E-state index in [4.69, 9.17) is 10.5 Å². The average molecular weight is 338 g/mol. The molecule has 0 spiro atoms. The van der Waals surface area contributed by atoms with Crippen molar-refractivity contribution >= 4 is 11.8 Å². The highest BCUT2D eigenvalue weighted by molar-refractivity contribution is 5.89. The van der Waals surface area contributed by atoms with Crippen LogP contribution in [0.25, 0.3) is 0 Å². The Morgan fingerprint density at radius 2 is 2.04 bits per heavy atom. The van der Waals surface area contributed by atoms with Crippen molar-refractivity contribution in [2.24, 2.45) is 17.1 Å². The Morgan fingerprint density at radius 3 is 2.71 bits per heavy atom. The fourth-order valence-corrected chi connectivity index (χ4v) is 3.88. The highest BCUT2D eigenvalue weighted by Gasteiger charge is 2.41. The first-order chi connectivity index (χ1) is 11.5. The van der Waals surface area contributed by atoms with Crippen LogP contribution in [0.3, 0.4) is 0 Å². The van der Waals surface area contributed by atoms with E-state index in [1.54, 1.807) is 0 Å². The molecule has 3 heterocycles. The minimum absolute atomic E-state index is 0.0360. The van der Waals surface area contributed by atoms with Gasteiger partial charge in [-0.25, -0.2) is 0 Å². The fourth-order valence-electron chi connectivity index (χ4n) is 3.88. The molecule has 24 heavy (non-hydrogen) atoms. The maximum Gasteiger partial charge on any atom is 0.228 e. The summed E-state index contributed by atoms with van der Waals surface area (Å²) in [4.78, 5) is 31.1. The largest absolute Gasteiger partial charge is 0.379 e. The normalized spacial score (nSPS) is 31.9. The van der Waals surface area contributed by atoms with Crippen molar-refractivity contribution in [1.82, 2.24) is 14.7 Å². The second kappa shape index (κ2) is 7.37. The molecule has 3 fully saturated rings. The SMILES string of the molecule is CC1(CN)CCN(C(=O)C2CC(=O)N(CCN3CCOCC3)C2)C1. The lowest BCUT2D eigenvalue weighted by Crippen LogP contribution is -2.42. The first-order valence-corrected chi connectivity index (χ1v) is 9.07. The van der Waals surface area contributed by atoms with Crippen LogP contribution in [0.2, 0.25) is 0 Å². The van der Waals surface area contributed by atoms with Gasteiger partial charge in [0.05, 0.1) is 19.1 Å². The molecule has 2 amide bonds. The summed E-state index contributed by atoms with van der Waals surface area (Å²) in [5.41, 5.74) is 5.86. The van der Waals surface area contributed by atoms with E-state index in [0.29, 0.717) is 26.1 Å². The summed E-state index contributed by atoms with van der Waals surface area (Å²) in [6, 6.07) is 0. The number of rotatable bonds is 5. The zero-order chi connectivity index (χ0) is 17.2. The zero-order valence-electron chi connectivity index (χ0n) is 14.7. The Bertz CT molecular complexity index is 480. The first-order valence-electron chi connectivity index (χ1n) is 9.07. The molecule has 0 radical (unpaired) electrons. The lowest BCUT2D eigenvalue weighted by atomic mass is 9.90. The smallest absolute Gasteiger partial charge is 0.228 e. The molecule has 7 heteroatoms. The van der Waals surface area contributed by atoms with Crippen molar-refractivity contribution < 1.29 is 14.3 Å². The van der Waals surface area contributed by atoms with Crippen molar-refractivity contribution in [3.63, 3.8) is 0 Å². The van der Waals surface area contributed by atoms with Crippen molar-refractivity contribution in [3.8, 4) is 0 Å². The summed E-state index contributed by atoms with van der Waals surface area (Å²) in [5, 5.41) is 0. The number of amides is 2. The van der Waals surface area contributed by atoms with Gasteiger partial charge in [-0.2, -0.15) is 0 Å². The molecule has 136 valence electrons. The lowest BCUT2D eigenvalue weighted by molar-refractivity contribution is -0.135. The van der Waals surface area contributed by atoms with E-state index >= 15 is 0 Å². The molecular formula is C17H30N4O3. The van der Waals surface area contributed by atoms with Crippen molar-refractivity contribution in [2.45, 2.75) is 19.8 Å². The molecule has 2 atom stereocenters.